The van der Waals surface area contributed by atoms with Gasteiger partial charge >= 0.3 is 0 Å². The summed E-state index contributed by atoms with van der Waals surface area (Å²) in [6.45, 7) is 1.90. The lowest BCUT2D eigenvalue weighted by atomic mass is 10.2. The molecule has 0 saturated heterocycles. The fourth-order valence-corrected chi connectivity index (χ4v) is 3.73. The van der Waals surface area contributed by atoms with Crippen molar-refractivity contribution in [3.05, 3.63) is 54.4 Å². The van der Waals surface area contributed by atoms with Crippen molar-refractivity contribution in [1.82, 2.24) is 15.2 Å². The average Bonchev–Trinajstić information content (AvgIpc) is 2.96. The van der Waals surface area contributed by atoms with Gasteiger partial charge in [0.15, 0.2) is 5.01 Å². The van der Waals surface area contributed by atoms with Gasteiger partial charge in [0.2, 0.25) is 5.13 Å². The van der Waals surface area contributed by atoms with Gasteiger partial charge in [-0.1, -0.05) is 29.0 Å². The minimum atomic E-state index is -3.66. The van der Waals surface area contributed by atoms with Crippen LogP contribution in [0.1, 0.15) is 5.56 Å². The Morgan fingerprint density at radius 3 is 2.55 bits per heavy atom. The largest absolute Gasteiger partial charge is 0.264 e. The molecule has 2 aromatic heterocycles. The van der Waals surface area contributed by atoms with E-state index < -0.39 is 10.0 Å². The van der Waals surface area contributed by atoms with E-state index in [4.69, 9.17) is 0 Å². The topological polar surface area (TPSA) is 84.8 Å². The molecule has 2 heterocycles. The van der Waals surface area contributed by atoms with Crippen molar-refractivity contribution in [3.63, 3.8) is 0 Å². The molecule has 8 heteroatoms. The molecule has 0 aliphatic heterocycles. The Morgan fingerprint density at radius 1 is 1.09 bits per heavy atom. The molecule has 22 heavy (non-hydrogen) atoms. The Bertz CT molecular complexity index is 875. The zero-order valence-electron chi connectivity index (χ0n) is 11.6. The first-order chi connectivity index (χ1) is 10.5. The highest BCUT2D eigenvalue weighted by Gasteiger charge is 2.17. The molecule has 0 spiro atoms. The second-order valence-corrected chi connectivity index (χ2v) is 7.23. The molecule has 0 radical (unpaired) electrons. The number of sulfonamides is 1. The van der Waals surface area contributed by atoms with Crippen LogP contribution in [0.15, 0.2) is 53.7 Å². The molecule has 3 rings (SSSR count). The molecule has 1 aromatic carbocycles. The van der Waals surface area contributed by atoms with E-state index in [2.05, 4.69) is 19.9 Å². The predicted octanol–water partition coefficient (Wildman–Crippen LogP) is 2.71. The van der Waals surface area contributed by atoms with Crippen molar-refractivity contribution >= 4 is 26.5 Å². The van der Waals surface area contributed by atoms with E-state index in [1.54, 1.807) is 42.7 Å². The lowest BCUT2D eigenvalue weighted by molar-refractivity contribution is 0.601. The van der Waals surface area contributed by atoms with Crippen LogP contribution in [0.25, 0.3) is 10.6 Å². The Morgan fingerprint density at radius 2 is 1.86 bits per heavy atom. The maximum atomic E-state index is 12.3. The molecule has 0 unspecified atom stereocenters. The molecule has 0 saturated carbocycles. The second-order valence-electron chi connectivity index (χ2n) is 4.57. The van der Waals surface area contributed by atoms with Crippen molar-refractivity contribution < 1.29 is 8.42 Å². The van der Waals surface area contributed by atoms with E-state index in [1.807, 2.05) is 13.0 Å². The number of rotatable bonds is 4. The molecule has 3 aromatic rings. The zero-order chi connectivity index (χ0) is 15.6. The number of benzene rings is 1. The fourth-order valence-electron chi connectivity index (χ4n) is 1.76. The van der Waals surface area contributed by atoms with Crippen LogP contribution in [0.2, 0.25) is 0 Å². The van der Waals surface area contributed by atoms with E-state index in [0.29, 0.717) is 5.01 Å². The van der Waals surface area contributed by atoms with Crippen LogP contribution in [-0.4, -0.2) is 23.6 Å². The van der Waals surface area contributed by atoms with Crippen LogP contribution in [0.3, 0.4) is 0 Å². The summed E-state index contributed by atoms with van der Waals surface area (Å²) in [5, 5.41) is 8.68. The van der Waals surface area contributed by atoms with Crippen molar-refractivity contribution in [1.29, 1.82) is 0 Å². The lowest BCUT2D eigenvalue weighted by Gasteiger charge is -2.04. The van der Waals surface area contributed by atoms with Gasteiger partial charge < -0.3 is 0 Å². The Hall–Kier alpha value is -2.32. The smallest absolute Gasteiger partial charge is 0.263 e. The van der Waals surface area contributed by atoms with Gasteiger partial charge in [0.05, 0.1) is 4.90 Å². The summed E-state index contributed by atoms with van der Waals surface area (Å²) in [7, 11) is -3.66. The maximum absolute atomic E-state index is 12.3. The molecule has 0 atom stereocenters. The van der Waals surface area contributed by atoms with E-state index in [1.165, 1.54) is 0 Å². The van der Waals surface area contributed by atoms with Crippen LogP contribution in [0.5, 0.6) is 0 Å². The number of hydrogen-bond donors (Lipinski definition) is 1. The fraction of sp³-hybridized carbons (Fsp3) is 0.0714. The van der Waals surface area contributed by atoms with Crippen molar-refractivity contribution in [2.45, 2.75) is 11.8 Å². The van der Waals surface area contributed by atoms with Crippen LogP contribution in [-0.2, 0) is 10.0 Å². The number of nitrogens with one attached hydrogen (secondary N) is 1. The Labute approximate surface area is 131 Å². The molecular weight excluding hydrogens is 320 g/mol. The highest BCUT2D eigenvalue weighted by Crippen LogP contribution is 2.27. The van der Waals surface area contributed by atoms with Crippen LogP contribution in [0, 0.1) is 6.92 Å². The Balaban J connectivity index is 1.84. The van der Waals surface area contributed by atoms with Gasteiger partial charge in [-0.15, -0.1) is 10.2 Å². The highest BCUT2D eigenvalue weighted by molar-refractivity contribution is 7.93. The van der Waals surface area contributed by atoms with Gasteiger partial charge in [-0.05, 0) is 31.2 Å². The van der Waals surface area contributed by atoms with Gasteiger partial charge in [0.25, 0.3) is 10.0 Å². The number of anilines is 1. The molecular formula is C14H12N4O2S2. The molecule has 1 N–H and O–H groups in total. The number of aryl methyl sites for hydroxylation is 1. The van der Waals surface area contributed by atoms with Crippen LogP contribution < -0.4 is 4.72 Å². The predicted molar refractivity (Wildman–Crippen MR) is 85.1 cm³/mol. The molecule has 112 valence electrons. The normalized spacial score (nSPS) is 11.3. The van der Waals surface area contributed by atoms with E-state index in [-0.39, 0.29) is 10.0 Å². The van der Waals surface area contributed by atoms with Crippen LogP contribution >= 0.6 is 11.3 Å². The first kappa shape index (κ1) is 14.6. The number of hydrogen-bond acceptors (Lipinski definition) is 6. The molecule has 0 aliphatic rings. The molecule has 6 nitrogen and oxygen atoms in total. The molecule has 0 bridgehead atoms. The summed E-state index contributed by atoms with van der Waals surface area (Å²) in [4.78, 5) is 4.19. The SMILES string of the molecule is Cc1ccc(S(=O)(=O)Nc2nnc(-c3cccnc3)s2)cc1. The number of nitrogens with zero attached hydrogens (tertiary/aromatic N) is 3. The van der Waals surface area contributed by atoms with E-state index in [9.17, 15) is 8.42 Å². The summed E-state index contributed by atoms with van der Waals surface area (Å²) in [5.41, 5.74) is 1.79. The summed E-state index contributed by atoms with van der Waals surface area (Å²) < 4.78 is 27.0. The third-order valence-corrected chi connectivity index (χ3v) is 5.26. The van der Waals surface area contributed by atoms with Gasteiger partial charge in [-0.3, -0.25) is 9.71 Å². The highest BCUT2D eigenvalue weighted by atomic mass is 32.2. The van der Waals surface area contributed by atoms with E-state index in [0.717, 1.165) is 22.5 Å². The minimum absolute atomic E-state index is 0.191. The van der Waals surface area contributed by atoms with E-state index >= 15 is 0 Å². The molecule has 0 aliphatic carbocycles. The first-order valence-corrected chi connectivity index (χ1v) is 8.68. The summed E-state index contributed by atoms with van der Waals surface area (Å²) in [6, 6.07) is 10.2. The molecule has 0 amide bonds. The molecule has 0 fully saturated rings. The van der Waals surface area contributed by atoms with Gasteiger partial charge in [-0.25, -0.2) is 8.42 Å². The maximum Gasteiger partial charge on any atom is 0.263 e. The Kier molecular flexibility index (Phi) is 3.86. The average molecular weight is 332 g/mol. The van der Waals surface area contributed by atoms with Crippen molar-refractivity contribution in [2.24, 2.45) is 0 Å². The number of aromatic nitrogens is 3. The standard InChI is InChI=1S/C14H12N4O2S2/c1-10-4-6-12(7-5-10)22(19,20)18-14-17-16-13(21-14)11-3-2-8-15-9-11/h2-9H,1H3,(H,17,18). The minimum Gasteiger partial charge on any atom is -0.264 e. The van der Waals surface area contributed by atoms with Gasteiger partial charge in [-0.2, -0.15) is 0 Å². The quantitative estimate of drug-likeness (QED) is 0.794. The monoisotopic (exact) mass is 332 g/mol. The van der Waals surface area contributed by atoms with Gasteiger partial charge in [0.1, 0.15) is 0 Å². The second kappa shape index (κ2) is 5.82. The first-order valence-electron chi connectivity index (χ1n) is 6.38. The van der Waals surface area contributed by atoms with Crippen molar-refractivity contribution in [2.75, 3.05) is 4.72 Å². The summed E-state index contributed by atoms with van der Waals surface area (Å²) >= 11 is 1.16. The van der Waals surface area contributed by atoms with Crippen molar-refractivity contribution in [3.8, 4) is 10.6 Å². The van der Waals surface area contributed by atoms with Crippen LogP contribution in [0.4, 0.5) is 5.13 Å². The summed E-state index contributed by atoms with van der Waals surface area (Å²) in [5.74, 6) is 0. The lowest BCUT2D eigenvalue weighted by Crippen LogP contribution is -2.12. The summed E-state index contributed by atoms with van der Waals surface area (Å²) in [6.07, 6.45) is 3.31. The van der Waals surface area contributed by atoms with Gasteiger partial charge in [0, 0.05) is 18.0 Å². The third-order valence-electron chi connectivity index (χ3n) is 2.89. The third kappa shape index (κ3) is 3.12. The zero-order valence-corrected chi connectivity index (χ0v) is 13.2. The number of pyridine rings is 1.